The van der Waals surface area contributed by atoms with Gasteiger partial charge in [0, 0.05) is 12.3 Å². The van der Waals surface area contributed by atoms with Gasteiger partial charge in [-0.25, -0.2) is 14.6 Å². The molecule has 0 saturated heterocycles. The van der Waals surface area contributed by atoms with Crippen LogP contribution in [0.5, 0.6) is 11.6 Å². The fourth-order valence-electron chi connectivity index (χ4n) is 2.17. The number of pyridine rings is 1. The van der Waals surface area contributed by atoms with Gasteiger partial charge in [0.25, 0.3) is 5.88 Å². The molecule has 2 aromatic rings. The van der Waals surface area contributed by atoms with Crippen LogP contribution in [0.2, 0.25) is 0 Å². The van der Waals surface area contributed by atoms with Gasteiger partial charge >= 0.3 is 18.2 Å². The zero-order valence-electron chi connectivity index (χ0n) is 16.2. The van der Waals surface area contributed by atoms with E-state index >= 15 is 0 Å². The van der Waals surface area contributed by atoms with Crippen LogP contribution in [0.3, 0.4) is 0 Å². The highest BCUT2D eigenvalue weighted by molar-refractivity contribution is 5.93. The number of aromatic nitrogens is 1. The predicted octanol–water partition coefficient (Wildman–Crippen LogP) is 2.43. The minimum atomic E-state index is -4.48. The molecule has 1 aromatic heterocycles. The molecule has 0 fully saturated rings. The molecule has 1 aromatic carbocycles. The van der Waals surface area contributed by atoms with E-state index in [9.17, 15) is 27.6 Å². The third kappa shape index (κ3) is 6.96. The summed E-state index contributed by atoms with van der Waals surface area (Å²) >= 11 is 0. The third-order valence-corrected chi connectivity index (χ3v) is 3.62. The molecule has 166 valence electrons. The highest BCUT2D eigenvalue weighted by Crippen LogP contribution is 2.30. The molecule has 0 radical (unpaired) electrons. The molecule has 0 spiro atoms. The SMILES string of the molecule is CCOC(=O)c1cnc(OC(=O)NC(=O)CN)c(OCc2ccc(C(F)(F)F)cc2)c1. The number of imide groups is 1. The van der Waals surface area contributed by atoms with Gasteiger partial charge in [0.05, 0.1) is 24.3 Å². The molecule has 0 saturated carbocycles. The van der Waals surface area contributed by atoms with Crippen LogP contribution in [0.4, 0.5) is 18.0 Å². The fourth-order valence-corrected chi connectivity index (χ4v) is 2.17. The number of benzene rings is 1. The van der Waals surface area contributed by atoms with E-state index in [1.165, 1.54) is 18.2 Å². The smallest absolute Gasteiger partial charge is 0.420 e. The molecule has 31 heavy (non-hydrogen) atoms. The van der Waals surface area contributed by atoms with Gasteiger partial charge in [0.1, 0.15) is 6.61 Å². The molecular weight excluding hydrogens is 423 g/mol. The second-order valence-corrected chi connectivity index (χ2v) is 5.87. The van der Waals surface area contributed by atoms with Crippen molar-refractivity contribution in [3.63, 3.8) is 0 Å². The molecule has 1 heterocycles. The summed E-state index contributed by atoms with van der Waals surface area (Å²) in [6, 6.07) is 5.37. The van der Waals surface area contributed by atoms with Crippen LogP contribution < -0.4 is 20.5 Å². The zero-order chi connectivity index (χ0) is 23.0. The Morgan fingerprint density at radius 3 is 2.42 bits per heavy atom. The first kappa shape index (κ1) is 23.6. The van der Waals surface area contributed by atoms with Crippen molar-refractivity contribution in [2.45, 2.75) is 19.7 Å². The van der Waals surface area contributed by atoms with Crippen LogP contribution in [0.25, 0.3) is 0 Å². The first-order valence-electron chi connectivity index (χ1n) is 8.81. The lowest BCUT2D eigenvalue weighted by Gasteiger charge is -2.13. The van der Waals surface area contributed by atoms with Crippen LogP contribution >= 0.6 is 0 Å². The van der Waals surface area contributed by atoms with Gasteiger partial charge in [0.15, 0.2) is 5.75 Å². The quantitative estimate of drug-likeness (QED) is 0.627. The molecule has 3 N–H and O–H groups in total. The lowest BCUT2D eigenvalue weighted by Crippen LogP contribution is -2.37. The predicted molar refractivity (Wildman–Crippen MR) is 99.2 cm³/mol. The van der Waals surface area contributed by atoms with Crippen molar-refractivity contribution in [3.05, 3.63) is 53.2 Å². The summed E-state index contributed by atoms with van der Waals surface area (Å²) in [7, 11) is 0. The van der Waals surface area contributed by atoms with Crippen LogP contribution in [-0.4, -0.2) is 36.1 Å². The van der Waals surface area contributed by atoms with E-state index in [0.29, 0.717) is 5.56 Å². The van der Waals surface area contributed by atoms with Crippen molar-refractivity contribution in [2.75, 3.05) is 13.2 Å². The fraction of sp³-hybridized carbons (Fsp3) is 0.263. The Morgan fingerprint density at radius 1 is 1.16 bits per heavy atom. The van der Waals surface area contributed by atoms with E-state index in [-0.39, 0.29) is 30.4 Å². The van der Waals surface area contributed by atoms with Crippen LogP contribution in [-0.2, 0) is 22.3 Å². The highest BCUT2D eigenvalue weighted by Gasteiger charge is 2.30. The van der Waals surface area contributed by atoms with Gasteiger partial charge in [-0.05, 0) is 24.6 Å². The molecule has 0 unspecified atom stereocenters. The maximum Gasteiger partial charge on any atom is 0.420 e. The second-order valence-electron chi connectivity index (χ2n) is 5.87. The van der Waals surface area contributed by atoms with Crippen molar-refractivity contribution in [1.82, 2.24) is 10.3 Å². The maximum atomic E-state index is 12.7. The summed E-state index contributed by atoms with van der Waals surface area (Å²) in [5, 5.41) is 1.84. The summed E-state index contributed by atoms with van der Waals surface area (Å²) < 4.78 is 53.3. The van der Waals surface area contributed by atoms with E-state index in [4.69, 9.17) is 19.9 Å². The molecule has 2 rings (SSSR count). The monoisotopic (exact) mass is 441 g/mol. The Bertz CT molecular complexity index is 948. The van der Waals surface area contributed by atoms with Crippen molar-refractivity contribution in [3.8, 4) is 11.6 Å². The zero-order valence-corrected chi connectivity index (χ0v) is 16.2. The number of esters is 1. The van der Waals surface area contributed by atoms with Crippen LogP contribution in [0, 0.1) is 0 Å². The first-order valence-corrected chi connectivity index (χ1v) is 8.81. The molecule has 0 aliphatic heterocycles. The average Bonchev–Trinajstić information content (AvgIpc) is 2.72. The Hall–Kier alpha value is -3.67. The van der Waals surface area contributed by atoms with Gasteiger partial charge in [-0.1, -0.05) is 12.1 Å². The Morgan fingerprint density at radius 2 is 1.84 bits per heavy atom. The third-order valence-electron chi connectivity index (χ3n) is 3.62. The number of alkyl halides is 3. The minimum Gasteiger partial charge on any atom is -0.483 e. The number of nitrogens with two attached hydrogens (primary N) is 1. The van der Waals surface area contributed by atoms with Gasteiger partial charge in [-0.2, -0.15) is 13.2 Å². The molecule has 0 atom stereocenters. The largest absolute Gasteiger partial charge is 0.483 e. The molecule has 0 aliphatic rings. The molecular formula is C19H18F3N3O6. The Balaban J connectivity index is 2.22. The standard InChI is InChI=1S/C19H18F3N3O6/c1-2-29-17(27)12-7-14(16(24-9-12)31-18(28)25-15(26)8-23)30-10-11-3-5-13(6-4-11)19(20,21)22/h3-7,9H,2,8,10,23H2,1H3,(H,25,26,28). The van der Waals surface area contributed by atoms with Crippen LogP contribution in [0.15, 0.2) is 36.5 Å². The summed E-state index contributed by atoms with van der Waals surface area (Å²) in [4.78, 5) is 38.7. The van der Waals surface area contributed by atoms with Gasteiger partial charge < -0.3 is 19.9 Å². The van der Waals surface area contributed by atoms with E-state index in [0.717, 1.165) is 18.3 Å². The van der Waals surface area contributed by atoms with Crippen molar-refractivity contribution in [2.24, 2.45) is 5.73 Å². The molecule has 12 heteroatoms. The van der Waals surface area contributed by atoms with E-state index in [1.807, 2.05) is 5.32 Å². The number of amides is 2. The number of hydrogen-bond acceptors (Lipinski definition) is 8. The van der Waals surface area contributed by atoms with E-state index in [2.05, 4.69) is 4.98 Å². The van der Waals surface area contributed by atoms with E-state index in [1.54, 1.807) is 6.92 Å². The summed E-state index contributed by atoms with van der Waals surface area (Å²) in [5.74, 6) is -2.09. The molecule has 0 bridgehead atoms. The van der Waals surface area contributed by atoms with Crippen molar-refractivity contribution in [1.29, 1.82) is 0 Å². The topological polar surface area (TPSA) is 130 Å². The maximum absolute atomic E-state index is 12.7. The molecule has 9 nitrogen and oxygen atoms in total. The number of nitrogens with one attached hydrogen (secondary N) is 1. The summed E-state index contributed by atoms with van der Waals surface area (Å²) in [6.45, 7) is 1.01. The van der Waals surface area contributed by atoms with Gasteiger partial charge in [0.2, 0.25) is 5.91 Å². The van der Waals surface area contributed by atoms with Crippen molar-refractivity contribution >= 4 is 18.0 Å². The minimum absolute atomic E-state index is 0.0185. The van der Waals surface area contributed by atoms with E-state index < -0.39 is 36.3 Å². The van der Waals surface area contributed by atoms with Crippen molar-refractivity contribution < 1.29 is 41.8 Å². The number of ether oxygens (including phenoxy) is 3. The first-order chi connectivity index (χ1) is 14.6. The number of rotatable bonds is 7. The molecule has 0 aliphatic carbocycles. The van der Waals surface area contributed by atoms with Gasteiger partial charge in [-0.15, -0.1) is 0 Å². The Labute approximate surface area is 174 Å². The summed E-state index contributed by atoms with van der Waals surface area (Å²) in [5.41, 5.74) is 4.61. The van der Waals surface area contributed by atoms with Crippen LogP contribution in [0.1, 0.15) is 28.4 Å². The second kappa shape index (κ2) is 10.4. The highest BCUT2D eigenvalue weighted by atomic mass is 19.4. The van der Waals surface area contributed by atoms with Gasteiger partial charge in [-0.3, -0.25) is 10.1 Å². The normalized spacial score (nSPS) is 10.9. The molecule has 2 amide bonds. The Kier molecular flexibility index (Phi) is 7.91. The number of nitrogens with zero attached hydrogens (tertiary/aromatic N) is 1. The number of halogens is 3. The number of hydrogen-bond donors (Lipinski definition) is 2. The summed E-state index contributed by atoms with van der Waals surface area (Å²) in [6.07, 6.45) is -4.60. The lowest BCUT2D eigenvalue weighted by molar-refractivity contribution is -0.137. The number of carbonyl (C=O) groups excluding carboxylic acids is 3. The average molecular weight is 441 g/mol. The number of carbonyl (C=O) groups is 3. The lowest BCUT2D eigenvalue weighted by atomic mass is 10.1.